The first kappa shape index (κ1) is 11.2. The van der Waals surface area contributed by atoms with Crippen molar-refractivity contribution < 1.29 is 12.8 Å². The average Bonchev–Trinajstić information content (AvgIpc) is 2.93. The lowest BCUT2D eigenvalue weighted by atomic mass is 10.1. The summed E-state index contributed by atoms with van der Waals surface area (Å²) < 4.78 is 28.3. The molecule has 2 atom stereocenters. The van der Waals surface area contributed by atoms with Crippen molar-refractivity contribution in [2.45, 2.75) is 31.2 Å². The molecule has 2 fully saturated rings. The summed E-state index contributed by atoms with van der Waals surface area (Å²) in [5.74, 6) is 1.35. The molecule has 6 nitrogen and oxygen atoms in total. The molecule has 7 heteroatoms. The fourth-order valence-corrected chi connectivity index (χ4v) is 4.17. The summed E-state index contributed by atoms with van der Waals surface area (Å²) in [6.07, 6.45) is 2.72. The molecular weight excluding hydrogens is 242 g/mol. The predicted molar refractivity (Wildman–Crippen MR) is 60.3 cm³/mol. The minimum atomic E-state index is -2.90. The van der Waals surface area contributed by atoms with Crippen LogP contribution in [0, 0.1) is 0 Å². The Balaban J connectivity index is 1.76. The fourth-order valence-electron chi connectivity index (χ4n) is 2.44. The molecule has 2 unspecified atom stereocenters. The predicted octanol–water partition coefficient (Wildman–Crippen LogP) is 0.396. The van der Waals surface area contributed by atoms with Crippen LogP contribution in [-0.4, -0.2) is 36.7 Å². The highest BCUT2D eigenvalue weighted by atomic mass is 32.2. The molecule has 0 spiro atoms. The highest BCUT2D eigenvalue weighted by Crippen LogP contribution is 2.30. The van der Waals surface area contributed by atoms with Gasteiger partial charge in [0.05, 0.1) is 23.5 Å². The first-order valence-electron chi connectivity index (χ1n) is 5.91. The highest BCUT2D eigenvalue weighted by molar-refractivity contribution is 7.91. The van der Waals surface area contributed by atoms with Gasteiger partial charge >= 0.3 is 0 Å². The molecule has 3 heterocycles. The second-order valence-electron chi connectivity index (χ2n) is 4.73. The fraction of sp³-hybridized carbons (Fsp3) is 0.800. The van der Waals surface area contributed by atoms with Crippen LogP contribution in [0.15, 0.2) is 4.42 Å². The number of sulfone groups is 1. The summed E-state index contributed by atoms with van der Waals surface area (Å²) >= 11 is 0. The molecule has 17 heavy (non-hydrogen) atoms. The van der Waals surface area contributed by atoms with Crippen molar-refractivity contribution in [3.63, 3.8) is 0 Å². The van der Waals surface area contributed by atoms with Crippen LogP contribution in [0.4, 0.5) is 0 Å². The Kier molecular flexibility index (Phi) is 2.67. The maximum Gasteiger partial charge on any atom is 0.233 e. The number of hydrogen-bond donors (Lipinski definition) is 1. The maximum atomic E-state index is 11.4. The van der Waals surface area contributed by atoms with E-state index in [2.05, 4.69) is 15.5 Å². The molecule has 94 valence electrons. The monoisotopic (exact) mass is 257 g/mol. The zero-order valence-corrected chi connectivity index (χ0v) is 10.2. The topological polar surface area (TPSA) is 85.1 Å². The van der Waals surface area contributed by atoms with E-state index in [9.17, 15) is 8.42 Å². The largest absolute Gasteiger partial charge is 0.423 e. The van der Waals surface area contributed by atoms with E-state index in [4.69, 9.17) is 4.42 Å². The third-order valence-corrected chi connectivity index (χ3v) is 5.16. The first-order valence-corrected chi connectivity index (χ1v) is 7.73. The molecule has 2 aliphatic rings. The first-order chi connectivity index (χ1) is 8.14. The van der Waals surface area contributed by atoms with E-state index in [0.717, 1.165) is 19.4 Å². The summed E-state index contributed by atoms with van der Waals surface area (Å²) in [5.41, 5.74) is 0. The van der Waals surface area contributed by atoms with Crippen molar-refractivity contribution in [3.8, 4) is 0 Å². The molecule has 0 saturated carbocycles. The van der Waals surface area contributed by atoms with E-state index in [0.29, 0.717) is 18.2 Å². The van der Waals surface area contributed by atoms with Crippen LogP contribution < -0.4 is 5.32 Å². The summed E-state index contributed by atoms with van der Waals surface area (Å²) in [6.45, 7) is 0.972. The van der Waals surface area contributed by atoms with Crippen LogP contribution in [0.25, 0.3) is 0 Å². The van der Waals surface area contributed by atoms with Gasteiger partial charge in [-0.05, 0) is 25.8 Å². The Morgan fingerprint density at radius 3 is 2.71 bits per heavy atom. The molecule has 1 N–H and O–H groups in total. The number of rotatable bonds is 2. The standard InChI is InChI=1S/C10H15N3O3S/c14-17(15)5-3-7(6-17)9-12-13-10(16-9)8-2-1-4-11-8/h7-8,11H,1-6H2. The Morgan fingerprint density at radius 2 is 2.06 bits per heavy atom. The van der Waals surface area contributed by atoms with E-state index in [-0.39, 0.29) is 23.5 Å². The zero-order chi connectivity index (χ0) is 11.9. The third kappa shape index (κ3) is 2.21. The molecule has 0 bridgehead atoms. The van der Waals surface area contributed by atoms with E-state index in [1.165, 1.54) is 0 Å². The Labute approximate surface area is 99.7 Å². The quantitative estimate of drug-likeness (QED) is 0.825. The van der Waals surface area contributed by atoms with Gasteiger partial charge in [0.1, 0.15) is 0 Å². The molecular formula is C10H15N3O3S. The van der Waals surface area contributed by atoms with Gasteiger partial charge in [0.2, 0.25) is 11.8 Å². The Bertz CT molecular complexity index is 505. The van der Waals surface area contributed by atoms with Gasteiger partial charge in [-0.15, -0.1) is 10.2 Å². The second kappa shape index (κ2) is 4.06. The van der Waals surface area contributed by atoms with Gasteiger partial charge < -0.3 is 9.73 Å². The lowest BCUT2D eigenvalue weighted by Gasteiger charge is -2.03. The van der Waals surface area contributed by atoms with Gasteiger partial charge in [-0.1, -0.05) is 0 Å². The van der Waals surface area contributed by atoms with Crippen LogP contribution in [0.3, 0.4) is 0 Å². The van der Waals surface area contributed by atoms with Crippen LogP contribution in [0.1, 0.15) is 43.0 Å². The van der Waals surface area contributed by atoms with Gasteiger partial charge in [0, 0.05) is 0 Å². The van der Waals surface area contributed by atoms with E-state index >= 15 is 0 Å². The van der Waals surface area contributed by atoms with Gasteiger partial charge in [0.15, 0.2) is 9.84 Å². The van der Waals surface area contributed by atoms with Crippen molar-refractivity contribution in [1.82, 2.24) is 15.5 Å². The lowest BCUT2D eigenvalue weighted by Crippen LogP contribution is -2.13. The molecule has 0 aliphatic carbocycles. The maximum absolute atomic E-state index is 11.4. The number of hydrogen-bond acceptors (Lipinski definition) is 6. The van der Waals surface area contributed by atoms with Gasteiger partial charge in [-0.2, -0.15) is 0 Å². The average molecular weight is 257 g/mol. The molecule has 2 saturated heterocycles. The molecule has 1 aromatic heterocycles. The van der Waals surface area contributed by atoms with E-state index in [1.807, 2.05) is 0 Å². The summed E-state index contributed by atoms with van der Waals surface area (Å²) in [7, 11) is -2.90. The van der Waals surface area contributed by atoms with Crippen molar-refractivity contribution in [3.05, 3.63) is 11.8 Å². The van der Waals surface area contributed by atoms with E-state index < -0.39 is 9.84 Å². The van der Waals surface area contributed by atoms with Crippen molar-refractivity contribution in [2.24, 2.45) is 0 Å². The van der Waals surface area contributed by atoms with Gasteiger partial charge in [-0.3, -0.25) is 0 Å². The summed E-state index contributed by atoms with van der Waals surface area (Å²) in [5, 5.41) is 11.3. The smallest absolute Gasteiger partial charge is 0.233 e. The SMILES string of the molecule is O=S1(=O)CCC(c2nnc(C3CCCN3)o2)C1. The highest BCUT2D eigenvalue weighted by Gasteiger charge is 2.33. The minimum Gasteiger partial charge on any atom is -0.423 e. The number of nitrogens with zero attached hydrogens (tertiary/aromatic N) is 2. The molecule has 2 aliphatic heterocycles. The van der Waals surface area contributed by atoms with Crippen molar-refractivity contribution in [1.29, 1.82) is 0 Å². The van der Waals surface area contributed by atoms with Crippen molar-refractivity contribution in [2.75, 3.05) is 18.1 Å². The van der Waals surface area contributed by atoms with Crippen molar-refractivity contribution >= 4 is 9.84 Å². The molecule has 0 radical (unpaired) electrons. The third-order valence-electron chi connectivity index (χ3n) is 3.40. The Hall–Kier alpha value is -0.950. The molecule has 3 rings (SSSR count). The number of aromatic nitrogens is 2. The summed E-state index contributed by atoms with van der Waals surface area (Å²) in [6, 6.07) is 0.147. The van der Waals surface area contributed by atoms with Gasteiger partial charge in [0.25, 0.3) is 0 Å². The lowest BCUT2D eigenvalue weighted by molar-refractivity contribution is 0.387. The van der Waals surface area contributed by atoms with E-state index in [1.54, 1.807) is 0 Å². The van der Waals surface area contributed by atoms with Crippen LogP contribution in [0.2, 0.25) is 0 Å². The number of nitrogens with one attached hydrogen (secondary N) is 1. The second-order valence-corrected chi connectivity index (χ2v) is 6.96. The molecule has 1 aromatic rings. The minimum absolute atomic E-state index is 0.109. The van der Waals surface area contributed by atoms with Crippen LogP contribution in [0.5, 0.6) is 0 Å². The van der Waals surface area contributed by atoms with Crippen LogP contribution >= 0.6 is 0 Å². The Morgan fingerprint density at radius 1 is 1.24 bits per heavy atom. The molecule has 0 aromatic carbocycles. The molecule has 0 amide bonds. The van der Waals surface area contributed by atoms with Gasteiger partial charge in [-0.25, -0.2) is 8.42 Å². The van der Waals surface area contributed by atoms with Crippen LogP contribution in [-0.2, 0) is 9.84 Å². The normalized spacial score (nSPS) is 32.0. The summed E-state index contributed by atoms with van der Waals surface area (Å²) in [4.78, 5) is 0. The zero-order valence-electron chi connectivity index (χ0n) is 9.42.